The van der Waals surface area contributed by atoms with Crippen molar-refractivity contribution in [3.63, 3.8) is 0 Å². The highest BCUT2D eigenvalue weighted by molar-refractivity contribution is 7.89. The molecule has 3 rings (SSSR count). The number of likely N-dealkylation sites (tertiary alicyclic amines) is 1. The molecule has 0 aliphatic carbocycles. The number of rotatable bonds is 7. The maximum atomic E-state index is 13.4. The Bertz CT molecular complexity index is 842. The number of nitrogens with one attached hydrogen (secondary N) is 1. The van der Waals surface area contributed by atoms with Crippen LogP contribution in [0.2, 0.25) is 0 Å². The fourth-order valence-corrected chi connectivity index (χ4v) is 6.77. The fourth-order valence-electron chi connectivity index (χ4n) is 4.72. The maximum absolute atomic E-state index is 13.4. The molecule has 0 spiro atoms. The van der Waals surface area contributed by atoms with E-state index in [0.717, 1.165) is 35.2 Å². The van der Waals surface area contributed by atoms with E-state index in [-0.39, 0.29) is 11.8 Å². The summed E-state index contributed by atoms with van der Waals surface area (Å²) in [6.45, 7) is 12.6. The summed E-state index contributed by atoms with van der Waals surface area (Å²) in [6, 6.07) is 2.05. The predicted octanol–water partition coefficient (Wildman–Crippen LogP) is 2.92. The lowest BCUT2D eigenvalue weighted by atomic mass is 9.97. The molecule has 0 saturated carbocycles. The molecule has 0 atom stereocenters. The molecule has 6 nitrogen and oxygen atoms in total. The molecule has 2 saturated heterocycles. The van der Waals surface area contributed by atoms with E-state index >= 15 is 0 Å². The topological polar surface area (TPSA) is 69.7 Å². The van der Waals surface area contributed by atoms with Crippen LogP contribution < -0.4 is 5.32 Å². The molecule has 1 amide bonds. The van der Waals surface area contributed by atoms with E-state index in [1.54, 1.807) is 4.31 Å². The highest BCUT2D eigenvalue weighted by Crippen LogP contribution is 2.31. The molecule has 30 heavy (non-hydrogen) atoms. The van der Waals surface area contributed by atoms with Crippen molar-refractivity contribution in [3.8, 4) is 0 Å². The Morgan fingerprint density at radius 2 is 1.57 bits per heavy atom. The molecule has 168 valence electrons. The van der Waals surface area contributed by atoms with E-state index in [0.29, 0.717) is 37.4 Å². The third-order valence-electron chi connectivity index (χ3n) is 6.87. The van der Waals surface area contributed by atoms with Crippen molar-refractivity contribution in [2.75, 3.05) is 39.3 Å². The molecule has 2 aliphatic rings. The Hall–Kier alpha value is -1.44. The Labute approximate surface area is 182 Å². The van der Waals surface area contributed by atoms with Crippen LogP contribution in [0.3, 0.4) is 0 Å². The lowest BCUT2D eigenvalue weighted by molar-refractivity contribution is -0.126. The van der Waals surface area contributed by atoms with E-state index in [2.05, 4.69) is 10.2 Å². The van der Waals surface area contributed by atoms with Crippen molar-refractivity contribution in [1.82, 2.24) is 14.5 Å². The number of carbonyl (C=O) groups excluding carboxylic acids is 1. The first-order valence-electron chi connectivity index (χ1n) is 11.3. The third-order valence-corrected chi connectivity index (χ3v) is 9.04. The number of hydrogen-bond acceptors (Lipinski definition) is 4. The molecule has 2 heterocycles. The summed E-state index contributed by atoms with van der Waals surface area (Å²) in [5.74, 6) is -0.0168. The van der Waals surface area contributed by atoms with Gasteiger partial charge in [0.2, 0.25) is 15.9 Å². The van der Waals surface area contributed by atoms with Gasteiger partial charge in [0.05, 0.1) is 4.90 Å². The Morgan fingerprint density at radius 3 is 2.13 bits per heavy atom. The first-order valence-corrected chi connectivity index (χ1v) is 12.7. The second kappa shape index (κ2) is 9.79. The summed E-state index contributed by atoms with van der Waals surface area (Å²) in [7, 11) is -3.55. The van der Waals surface area contributed by atoms with Gasteiger partial charge in [-0.15, -0.1) is 0 Å². The lowest BCUT2D eigenvalue weighted by Crippen LogP contribution is -2.43. The van der Waals surface area contributed by atoms with Crippen LogP contribution in [0.4, 0.5) is 0 Å². The number of hydrogen-bond donors (Lipinski definition) is 1. The van der Waals surface area contributed by atoms with Gasteiger partial charge in [0.1, 0.15) is 0 Å². The van der Waals surface area contributed by atoms with E-state index in [4.69, 9.17) is 0 Å². The highest BCUT2D eigenvalue weighted by Gasteiger charge is 2.34. The van der Waals surface area contributed by atoms with Crippen molar-refractivity contribution >= 4 is 15.9 Å². The van der Waals surface area contributed by atoms with Gasteiger partial charge in [0.25, 0.3) is 0 Å². The van der Waals surface area contributed by atoms with Crippen molar-refractivity contribution in [2.45, 2.75) is 64.7 Å². The molecule has 0 unspecified atom stereocenters. The third kappa shape index (κ3) is 5.06. The first-order chi connectivity index (χ1) is 14.2. The Balaban J connectivity index is 1.54. The molecule has 2 fully saturated rings. The number of piperidine rings is 1. The van der Waals surface area contributed by atoms with E-state index in [1.165, 1.54) is 25.9 Å². The van der Waals surface area contributed by atoms with Gasteiger partial charge >= 0.3 is 0 Å². The van der Waals surface area contributed by atoms with Crippen LogP contribution in [0, 0.1) is 33.6 Å². The van der Waals surface area contributed by atoms with Gasteiger partial charge in [-0.25, -0.2) is 8.42 Å². The standard InChI is InChI=1S/C23H37N3O3S/c1-17-16-18(2)20(4)22(19(17)3)30(28,29)26-14-8-21(9-15-26)23(27)24-10-7-13-25-11-5-6-12-25/h16,21H,5-15H2,1-4H3,(H,24,27). The van der Waals surface area contributed by atoms with Crippen LogP contribution in [0.5, 0.6) is 0 Å². The number of sulfonamides is 1. The van der Waals surface area contributed by atoms with Crippen molar-refractivity contribution < 1.29 is 13.2 Å². The van der Waals surface area contributed by atoms with Crippen LogP contribution in [0.15, 0.2) is 11.0 Å². The number of amides is 1. The zero-order valence-electron chi connectivity index (χ0n) is 19.0. The summed E-state index contributed by atoms with van der Waals surface area (Å²) in [6.07, 6.45) is 4.72. The van der Waals surface area contributed by atoms with Crippen LogP contribution in [-0.4, -0.2) is 62.8 Å². The van der Waals surface area contributed by atoms with Crippen molar-refractivity contribution in [1.29, 1.82) is 0 Å². The van der Waals surface area contributed by atoms with Gasteiger partial charge in [0.15, 0.2) is 0 Å². The van der Waals surface area contributed by atoms with E-state index in [9.17, 15) is 13.2 Å². The number of carbonyl (C=O) groups is 1. The molecule has 0 radical (unpaired) electrons. The van der Waals surface area contributed by atoms with Crippen LogP contribution >= 0.6 is 0 Å². The summed E-state index contributed by atoms with van der Waals surface area (Å²) >= 11 is 0. The Kier molecular flexibility index (Phi) is 7.58. The van der Waals surface area contributed by atoms with Gasteiger partial charge in [-0.1, -0.05) is 6.07 Å². The zero-order chi connectivity index (χ0) is 21.9. The average molecular weight is 436 g/mol. The maximum Gasteiger partial charge on any atom is 0.243 e. The lowest BCUT2D eigenvalue weighted by Gasteiger charge is -2.32. The van der Waals surface area contributed by atoms with Crippen LogP contribution in [0.25, 0.3) is 0 Å². The average Bonchev–Trinajstić information content (AvgIpc) is 3.23. The molecule has 1 N–H and O–H groups in total. The zero-order valence-corrected chi connectivity index (χ0v) is 19.8. The second-order valence-corrected chi connectivity index (χ2v) is 10.8. The SMILES string of the molecule is Cc1cc(C)c(C)c(S(=O)(=O)N2CCC(C(=O)NCCCN3CCCC3)CC2)c1C. The minimum atomic E-state index is -3.55. The smallest absolute Gasteiger partial charge is 0.243 e. The molecule has 1 aromatic rings. The normalized spacial score (nSPS) is 19.3. The van der Waals surface area contributed by atoms with Gasteiger partial charge in [-0.05, 0) is 102 Å². The summed E-state index contributed by atoms with van der Waals surface area (Å²) in [4.78, 5) is 15.4. The quantitative estimate of drug-likeness (QED) is 0.669. The molecule has 7 heteroatoms. The predicted molar refractivity (Wildman–Crippen MR) is 120 cm³/mol. The van der Waals surface area contributed by atoms with Gasteiger partial charge < -0.3 is 10.2 Å². The molecule has 1 aromatic carbocycles. The highest BCUT2D eigenvalue weighted by atomic mass is 32.2. The van der Waals surface area contributed by atoms with Gasteiger partial charge in [-0.3, -0.25) is 4.79 Å². The van der Waals surface area contributed by atoms with Crippen molar-refractivity contribution in [3.05, 3.63) is 28.3 Å². The summed E-state index contributed by atoms with van der Waals surface area (Å²) in [5.41, 5.74) is 3.66. The van der Waals surface area contributed by atoms with Crippen LogP contribution in [0.1, 0.15) is 54.4 Å². The number of benzene rings is 1. The minimum Gasteiger partial charge on any atom is -0.356 e. The molecular weight excluding hydrogens is 398 g/mol. The minimum absolute atomic E-state index is 0.0761. The molecular formula is C23H37N3O3S. The van der Waals surface area contributed by atoms with Crippen LogP contribution in [-0.2, 0) is 14.8 Å². The largest absolute Gasteiger partial charge is 0.356 e. The fraction of sp³-hybridized carbons (Fsp3) is 0.696. The van der Waals surface area contributed by atoms with Crippen molar-refractivity contribution in [2.24, 2.45) is 5.92 Å². The summed E-state index contributed by atoms with van der Waals surface area (Å²) < 4.78 is 28.3. The molecule has 0 bridgehead atoms. The Morgan fingerprint density at radius 1 is 1.00 bits per heavy atom. The van der Waals surface area contributed by atoms with Gasteiger partial charge in [0, 0.05) is 25.6 Å². The molecule has 0 aromatic heterocycles. The number of aryl methyl sites for hydroxylation is 2. The monoisotopic (exact) mass is 435 g/mol. The summed E-state index contributed by atoms with van der Waals surface area (Å²) in [5, 5.41) is 3.06. The van der Waals surface area contributed by atoms with Gasteiger partial charge in [-0.2, -0.15) is 4.31 Å². The van der Waals surface area contributed by atoms with E-state index in [1.807, 2.05) is 33.8 Å². The molecule has 2 aliphatic heterocycles. The van der Waals surface area contributed by atoms with E-state index < -0.39 is 10.0 Å². The second-order valence-electron chi connectivity index (χ2n) is 8.96. The first kappa shape index (κ1) is 23.2. The number of nitrogens with zero attached hydrogens (tertiary/aromatic N) is 2.